The van der Waals surface area contributed by atoms with Crippen molar-refractivity contribution in [3.8, 4) is 0 Å². The zero-order valence-corrected chi connectivity index (χ0v) is 17.4. The van der Waals surface area contributed by atoms with Gasteiger partial charge in [-0.1, -0.05) is 58.3 Å². The molecular weight excluding hydrogens is 346 g/mol. The molecule has 6 nitrogen and oxygen atoms in total. The third-order valence-electron chi connectivity index (χ3n) is 4.41. The summed E-state index contributed by atoms with van der Waals surface area (Å²) >= 11 is 0. The zero-order valence-electron chi connectivity index (χ0n) is 17.4. The largest absolute Gasteiger partial charge is 0.466 e. The third kappa shape index (κ3) is 21.5. The molecule has 0 amide bonds. The normalized spacial score (nSPS) is 12.3. The van der Waals surface area contributed by atoms with Crippen LogP contribution in [0.1, 0.15) is 84.0 Å². The first-order chi connectivity index (χ1) is 13.2. The van der Waals surface area contributed by atoms with Crippen molar-refractivity contribution < 1.29 is 24.5 Å². The van der Waals surface area contributed by atoms with Crippen LogP contribution in [-0.4, -0.2) is 61.8 Å². The summed E-state index contributed by atoms with van der Waals surface area (Å²) in [5.41, 5.74) is 0. The molecule has 0 aromatic carbocycles. The number of ether oxygens (including phenoxy) is 2. The predicted molar refractivity (Wildman–Crippen MR) is 109 cm³/mol. The van der Waals surface area contributed by atoms with Gasteiger partial charge in [-0.05, 0) is 19.3 Å². The highest BCUT2D eigenvalue weighted by molar-refractivity contribution is 5.69. The average molecular weight is 390 g/mol. The summed E-state index contributed by atoms with van der Waals surface area (Å²) in [6, 6.07) is 0. The molecule has 0 spiro atoms. The molecule has 0 aliphatic heterocycles. The fraction of sp³-hybridized carbons (Fsp3) is 0.952. The molecule has 0 aliphatic carbocycles. The molecule has 0 rings (SSSR count). The Kier molecular flexibility index (Phi) is 21.1. The van der Waals surface area contributed by atoms with E-state index in [9.17, 15) is 9.90 Å². The van der Waals surface area contributed by atoms with Gasteiger partial charge in [0.05, 0.1) is 25.9 Å². The number of unbranched alkanes of at least 4 members (excludes halogenated alkanes) is 9. The molecule has 0 heterocycles. The van der Waals surface area contributed by atoms with Crippen LogP contribution in [0.4, 0.5) is 0 Å². The van der Waals surface area contributed by atoms with Gasteiger partial charge in [-0.2, -0.15) is 0 Å². The minimum Gasteiger partial charge on any atom is -0.466 e. The van der Waals surface area contributed by atoms with Gasteiger partial charge in [-0.15, -0.1) is 0 Å². The van der Waals surface area contributed by atoms with Gasteiger partial charge in [-0.25, -0.2) is 0 Å². The van der Waals surface area contributed by atoms with Gasteiger partial charge in [0.15, 0.2) is 0 Å². The first-order valence-electron chi connectivity index (χ1n) is 10.9. The second kappa shape index (κ2) is 21.6. The van der Waals surface area contributed by atoms with E-state index in [4.69, 9.17) is 14.6 Å². The Bertz CT molecular complexity index is 315. The Morgan fingerprint density at radius 2 is 1.56 bits per heavy atom. The maximum Gasteiger partial charge on any atom is 0.305 e. The van der Waals surface area contributed by atoms with Gasteiger partial charge in [0.25, 0.3) is 0 Å². The second-order valence-electron chi connectivity index (χ2n) is 7.16. The molecule has 27 heavy (non-hydrogen) atoms. The number of esters is 1. The predicted octanol–water partition coefficient (Wildman–Crippen LogP) is 3.19. The van der Waals surface area contributed by atoms with E-state index in [2.05, 4.69) is 12.2 Å². The van der Waals surface area contributed by atoms with Crippen molar-refractivity contribution in [2.24, 2.45) is 0 Å². The van der Waals surface area contributed by atoms with Gasteiger partial charge < -0.3 is 25.0 Å². The monoisotopic (exact) mass is 389 g/mol. The quantitative estimate of drug-likeness (QED) is 0.206. The molecule has 0 radical (unpaired) electrons. The van der Waals surface area contributed by atoms with Crippen LogP contribution in [0.5, 0.6) is 0 Å². The Morgan fingerprint density at radius 3 is 2.19 bits per heavy atom. The lowest BCUT2D eigenvalue weighted by atomic mass is 10.1. The van der Waals surface area contributed by atoms with E-state index >= 15 is 0 Å². The van der Waals surface area contributed by atoms with Gasteiger partial charge in [-0.3, -0.25) is 4.79 Å². The number of hydrogen-bond donors (Lipinski definition) is 3. The number of carbonyl (C=O) groups excluding carboxylic acids is 1. The number of carbonyl (C=O) groups is 1. The maximum absolute atomic E-state index is 11.4. The van der Waals surface area contributed by atoms with Crippen LogP contribution in [0.25, 0.3) is 0 Å². The molecule has 0 saturated heterocycles. The lowest BCUT2D eigenvalue weighted by molar-refractivity contribution is -0.143. The number of rotatable bonds is 21. The van der Waals surface area contributed by atoms with Crippen LogP contribution in [0.15, 0.2) is 0 Å². The van der Waals surface area contributed by atoms with Crippen LogP contribution >= 0.6 is 0 Å². The van der Waals surface area contributed by atoms with Crippen molar-refractivity contribution in [2.75, 3.05) is 39.5 Å². The molecule has 0 bridgehead atoms. The number of aliphatic hydroxyl groups is 2. The highest BCUT2D eigenvalue weighted by atomic mass is 16.5. The van der Waals surface area contributed by atoms with Crippen molar-refractivity contribution in [3.63, 3.8) is 0 Å². The molecule has 0 aromatic rings. The topological polar surface area (TPSA) is 88.0 Å². The summed E-state index contributed by atoms with van der Waals surface area (Å²) < 4.78 is 10.6. The summed E-state index contributed by atoms with van der Waals surface area (Å²) in [6.45, 7) is 4.76. The van der Waals surface area contributed by atoms with Gasteiger partial charge >= 0.3 is 5.97 Å². The first kappa shape index (κ1) is 26.3. The average Bonchev–Trinajstić information content (AvgIpc) is 2.66. The molecule has 6 heteroatoms. The van der Waals surface area contributed by atoms with Crippen LogP contribution in [-0.2, 0) is 14.3 Å². The summed E-state index contributed by atoms with van der Waals surface area (Å²) in [5.74, 6) is -0.0420. The summed E-state index contributed by atoms with van der Waals surface area (Å²) in [4.78, 5) is 11.4. The van der Waals surface area contributed by atoms with E-state index in [-0.39, 0.29) is 12.6 Å². The van der Waals surface area contributed by atoms with E-state index in [0.717, 1.165) is 32.1 Å². The number of aliphatic hydroxyl groups excluding tert-OH is 2. The second-order valence-corrected chi connectivity index (χ2v) is 7.16. The molecule has 0 aromatic heterocycles. The first-order valence-corrected chi connectivity index (χ1v) is 10.9. The van der Waals surface area contributed by atoms with Crippen molar-refractivity contribution in [1.29, 1.82) is 0 Å². The fourth-order valence-corrected chi connectivity index (χ4v) is 2.74. The van der Waals surface area contributed by atoms with Crippen molar-refractivity contribution in [3.05, 3.63) is 0 Å². The van der Waals surface area contributed by atoms with E-state index in [0.29, 0.717) is 39.3 Å². The summed E-state index contributed by atoms with van der Waals surface area (Å²) in [5, 5.41) is 21.2. The van der Waals surface area contributed by atoms with Gasteiger partial charge in [0.1, 0.15) is 0 Å². The van der Waals surface area contributed by atoms with E-state index < -0.39 is 6.10 Å². The highest BCUT2D eigenvalue weighted by Gasteiger charge is 2.03. The molecule has 0 aliphatic rings. The molecule has 162 valence electrons. The Labute approximate surface area is 166 Å². The maximum atomic E-state index is 11.4. The smallest absolute Gasteiger partial charge is 0.305 e. The van der Waals surface area contributed by atoms with Crippen LogP contribution in [0.3, 0.4) is 0 Å². The minimum absolute atomic E-state index is 0.0420. The van der Waals surface area contributed by atoms with E-state index in [1.54, 1.807) is 0 Å². The molecular formula is C21H43NO5. The molecule has 1 unspecified atom stereocenters. The minimum atomic E-state index is -0.505. The lowest BCUT2D eigenvalue weighted by Crippen LogP contribution is -2.32. The van der Waals surface area contributed by atoms with Gasteiger partial charge in [0, 0.05) is 26.1 Å². The van der Waals surface area contributed by atoms with Crippen LogP contribution < -0.4 is 5.32 Å². The van der Waals surface area contributed by atoms with Crippen molar-refractivity contribution >= 4 is 5.97 Å². The van der Waals surface area contributed by atoms with Crippen molar-refractivity contribution in [1.82, 2.24) is 5.32 Å². The Hall–Kier alpha value is -0.690. The van der Waals surface area contributed by atoms with Gasteiger partial charge in [0.2, 0.25) is 0 Å². The fourth-order valence-electron chi connectivity index (χ4n) is 2.74. The highest BCUT2D eigenvalue weighted by Crippen LogP contribution is 2.11. The standard InChI is InChI=1S/C21H43NO5/c1-2-3-17-27-21(25)13-11-9-7-5-4-6-8-10-12-16-26-19-20(24)18-22-14-15-23/h20,22-24H,2-19H2,1H3. The summed E-state index contributed by atoms with van der Waals surface area (Å²) in [7, 11) is 0. The Morgan fingerprint density at radius 1 is 0.926 bits per heavy atom. The Balaban J connectivity index is 3.15. The van der Waals surface area contributed by atoms with E-state index in [1.165, 1.54) is 38.5 Å². The number of nitrogens with one attached hydrogen (secondary N) is 1. The van der Waals surface area contributed by atoms with Crippen molar-refractivity contribution in [2.45, 2.75) is 90.1 Å². The molecule has 0 saturated carbocycles. The SMILES string of the molecule is CCCCOC(=O)CCCCCCCCCCCOCC(O)CNCCO. The zero-order chi connectivity index (χ0) is 20.0. The lowest BCUT2D eigenvalue weighted by Gasteiger charge is -2.11. The third-order valence-corrected chi connectivity index (χ3v) is 4.41. The molecule has 3 N–H and O–H groups in total. The molecule has 0 fully saturated rings. The van der Waals surface area contributed by atoms with Crippen LogP contribution in [0.2, 0.25) is 0 Å². The summed E-state index contributed by atoms with van der Waals surface area (Å²) in [6.07, 6.45) is 12.6. The van der Waals surface area contributed by atoms with E-state index in [1.807, 2.05) is 0 Å². The number of hydrogen-bond acceptors (Lipinski definition) is 6. The van der Waals surface area contributed by atoms with Crippen LogP contribution in [0, 0.1) is 0 Å². The molecule has 1 atom stereocenters.